The van der Waals surface area contributed by atoms with E-state index in [0.717, 1.165) is 118 Å². The van der Waals surface area contributed by atoms with Crippen molar-refractivity contribution in [1.29, 1.82) is 0 Å². The van der Waals surface area contributed by atoms with Crippen molar-refractivity contribution < 1.29 is 59.8 Å². The number of benzene rings is 8. The first kappa shape index (κ1) is 72.6. The molecule has 8 bridgehead atoms. The van der Waals surface area contributed by atoms with Crippen molar-refractivity contribution in [3.63, 3.8) is 0 Å². The van der Waals surface area contributed by atoms with Crippen molar-refractivity contribution in [2.75, 3.05) is 0 Å². The van der Waals surface area contributed by atoms with Crippen LogP contribution < -0.4 is 0 Å². The van der Waals surface area contributed by atoms with Gasteiger partial charge in [-0.2, -0.15) is 40.9 Å². The number of hydrogen-bond donors (Lipinski definition) is 4. The number of hydrogen-bond acceptors (Lipinski definition) is 28. The fourth-order valence-corrected chi connectivity index (χ4v) is 11.1. The molecule has 0 spiro atoms. The van der Waals surface area contributed by atoms with E-state index in [1.807, 2.05) is 12.2 Å². The van der Waals surface area contributed by atoms with Crippen LogP contribution >= 0.6 is 0 Å². The quantitative estimate of drug-likeness (QED) is 0.0302. The van der Waals surface area contributed by atoms with Crippen LogP contribution in [0.4, 0.5) is 91.0 Å². The monoisotopic (exact) mass is 1390 g/mol. The minimum Gasteiger partial charge on any atom is -0.507 e. The number of phenols is 4. The summed E-state index contributed by atoms with van der Waals surface area (Å²) in [6, 6.07) is 21.1. The first-order valence-corrected chi connectivity index (χ1v) is 31.2. The number of rotatable bonds is 16. The Bertz CT molecular complexity index is 4720. The zero-order chi connectivity index (χ0) is 73.3. The van der Waals surface area contributed by atoms with E-state index in [0.29, 0.717) is 36.1 Å². The van der Waals surface area contributed by atoms with Crippen LogP contribution in [0.3, 0.4) is 0 Å². The van der Waals surface area contributed by atoms with Gasteiger partial charge < -0.3 is 20.4 Å². The Balaban J connectivity index is 1.24. The first-order chi connectivity index (χ1) is 48.7. The van der Waals surface area contributed by atoms with Crippen LogP contribution in [-0.2, 0) is 32.1 Å². The van der Waals surface area contributed by atoms with E-state index in [9.17, 15) is 101 Å². The first-order valence-electron chi connectivity index (χ1n) is 31.2. The van der Waals surface area contributed by atoms with E-state index in [-0.39, 0.29) is 103 Å². The van der Waals surface area contributed by atoms with E-state index < -0.39 is 116 Å². The van der Waals surface area contributed by atoms with E-state index in [1.165, 1.54) is 48.5 Å². The fourth-order valence-electron chi connectivity index (χ4n) is 11.1. The molecular formula is C66H58N16O20. The molecule has 0 saturated carbocycles. The van der Waals surface area contributed by atoms with Gasteiger partial charge in [-0.15, -0.1) is 0 Å². The number of azo groups is 4. The number of nitro groups is 8. The Morgan fingerprint density at radius 3 is 0.657 bits per heavy atom. The molecule has 0 radical (unpaired) electrons. The Morgan fingerprint density at radius 1 is 0.225 bits per heavy atom. The molecule has 9 rings (SSSR count). The number of aryl methyl sites for hydroxylation is 2. The smallest absolute Gasteiger partial charge is 0.278 e. The number of allylic oxidation sites excluding steroid dienone is 2. The summed E-state index contributed by atoms with van der Waals surface area (Å²) in [4.78, 5) is 87.9. The molecule has 36 nitrogen and oxygen atoms in total. The summed E-state index contributed by atoms with van der Waals surface area (Å²) < 4.78 is 0. The van der Waals surface area contributed by atoms with Gasteiger partial charge in [-0.05, 0) is 98.2 Å². The van der Waals surface area contributed by atoms with Gasteiger partial charge in [0.2, 0.25) is 0 Å². The minimum atomic E-state index is -0.893. The predicted octanol–water partition coefficient (Wildman–Crippen LogP) is 19.2. The van der Waals surface area contributed by atoms with Gasteiger partial charge in [-0.1, -0.05) is 57.1 Å². The summed E-state index contributed by atoms with van der Waals surface area (Å²) in [7, 11) is 0. The van der Waals surface area contributed by atoms with Crippen molar-refractivity contribution in [1.82, 2.24) is 0 Å². The Morgan fingerprint density at radius 2 is 0.412 bits per heavy atom. The molecule has 0 saturated heterocycles. The molecule has 0 amide bonds. The van der Waals surface area contributed by atoms with Crippen molar-refractivity contribution in [2.45, 2.75) is 103 Å². The minimum absolute atomic E-state index is 0.0217. The number of nitro benzene ring substituents is 8. The van der Waals surface area contributed by atoms with Crippen LogP contribution in [0.15, 0.2) is 174 Å². The number of non-ortho nitro benzene ring substituents is 8. The summed E-state index contributed by atoms with van der Waals surface area (Å²) in [5.41, 5.74) is -6.58. The standard InChI is InChI=1S/C66H58N16O20/c83-63-39-14-12-10-8-6-4-2-1-3-5-7-9-11-13-15-40-20-48(68-72-52-29-57(77(91)92)36-58(30-52)78(93)94)22-42(64(40)84)17-44-24-50(70-74-54-33-61(81(99)100)38-62(34-54)82(101)102)26-46(66(44)86)18-45-25-49(69-73-53-31-59(79(95)96)37-60(32-53)80(97)98)23-43(65(45)85)16-41(63)21-47(19-39)67-71-51-27-55(75(87)88)35-56(28-51)76(89)90/h8,10,19-38,83-86H,1-7,9,11-18H2/b10-8-,71-67?,72-68?,73-69?,74-70?. The van der Waals surface area contributed by atoms with Gasteiger partial charge in [-0.25, -0.2) is 0 Å². The highest BCUT2D eigenvalue weighted by Crippen LogP contribution is 2.43. The second kappa shape index (κ2) is 33.0. The van der Waals surface area contributed by atoms with Gasteiger partial charge in [0.15, 0.2) is 0 Å². The van der Waals surface area contributed by atoms with Gasteiger partial charge >= 0.3 is 0 Å². The fraction of sp³-hybridized carbons (Fsp3) is 0.242. The molecule has 1 aliphatic carbocycles. The van der Waals surface area contributed by atoms with Gasteiger partial charge in [0.05, 0.1) is 109 Å². The molecule has 1 aliphatic rings. The van der Waals surface area contributed by atoms with Gasteiger partial charge in [-0.3, -0.25) is 80.9 Å². The highest BCUT2D eigenvalue weighted by molar-refractivity contribution is 5.65. The lowest BCUT2D eigenvalue weighted by molar-refractivity contribution is -0.394. The molecule has 0 heterocycles. The zero-order valence-electron chi connectivity index (χ0n) is 53.5. The normalized spacial score (nSPS) is 14.0. The highest BCUT2D eigenvalue weighted by atomic mass is 16.7. The molecular weight excluding hydrogens is 1340 g/mol. The molecule has 4 N–H and O–H groups in total. The van der Waals surface area contributed by atoms with Crippen LogP contribution in [0.2, 0.25) is 0 Å². The maximum absolute atomic E-state index is 12.6. The van der Waals surface area contributed by atoms with E-state index in [2.05, 4.69) is 40.9 Å². The van der Waals surface area contributed by atoms with E-state index >= 15 is 0 Å². The van der Waals surface area contributed by atoms with Crippen molar-refractivity contribution in [2.24, 2.45) is 40.9 Å². The molecule has 0 aromatic heterocycles. The van der Waals surface area contributed by atoms with E-state index in [4.69, 9.17) is 0 Å². The van der Waals surface area contributed by atoms with Crippen LogP contribution in [0.1, 0.15) is 115 Å². The van der Waals surface area contributed by atoms with Crippen LogP contribution in [-0.4, -0.2) is 59.8 Å². The van der Waals surface area contributed by atoms with Gasteiger partial charge in [0.25, 0.3) is 45.5 Å². The summed E-state index contributed by atoms with van der Waals surface area (Å²) in [5.74, 6) is -1.64. The molecule has 522 valence electrons. The average molecular weight is 1400 g/mol. The molecule has 0 aliphatic heterocycles. The molecule has 8 aromatic rings. The molecule has 8 aromatic carbocycles. The summed E-state index contributed by atoms with van der Waals surface area (Å²) >= 11 is 0. The molecule has 102 heavy (non-hydrogen) atoms. The maximum Gasteiger partial charge on any atom is 0.278 e. The van der Waals surface area contributed by atoms with Crippen LogP contribution in [0.25, 0.3) is 0 Å². The second-order valence-electron chi connectivity index (χ2n) is 23.4. The number of fused-ring (bicyclic) bond motifs is 8. The Hall–Kier alpha value is -13.7. The van der Waals surface area contributed by atoms with Crippen molar-refractivity contribution in [3.8, 4) is 23.0 Å². The Labute approximate surface area is 574 Å². The molecule has 0 unspecified atom stereocenters. The lowest BCUT2D eigenvalue weighted by atomic mass is 9.92. The lowest BCUT2D eigenvalue weighted by Crippen LogP contribution is -1.99. The third kappa shape index (κ3) is 19.3. The van der Waals surface area contributed by atoms with Crippen LogP contribution in [0, 0.1) is 80.9 Å². The summed E-state index contributed by atoms with van der Waals surface area (Å²) in [6.07, 6.45) is 12.1. The molecule has 36 heteroatoms. The van der Waals surface area contributed by atoms with Gasteiger partial charge in [0.1, 0.15) is 23.0 Å². The summed E-state index contributed by atoms with van der Waals surface area (Å²) in [5, 5.41) is 178. The summed E-state index contributed by atoms with van der Waals surface area (Å²) in [6.45, 7) is 0. The van der Waals surface area contributed by atoms with E-state index in [1.54, 1.807) is 0 Å². The van der Waals surface area contributed by atoms with Crippen LogP contribution in [0.5, 0.6) is 23.0 Å². The largest absolute Gasteiger partial charge is 0.507 e. The zero-order valence-corrected chi connectivity index (χ0v) is 53.5. The average Bonchev–Trinajstić information content (AvgIpc) is 0.793. The van der Waals surface area contributed by atoms with Crippen molar-refractivity contribution >= 4 is 91.0 Å². The highest BCUT2D eigenvalue weighted by Gasteiger charge is 2.25. The third-order valence-electron chi connectivity index (χ3n) is 16.1. The predicted molar refractivity (Wildman–Crippen MR) is 364 cm³/mol. The molecule has 0 fully saturated rings. The maximum atomic E-state index is 12.6. The number of aromatic hydroxyl groups is 4. The number of phenolic OH excluding ortho intramolecular Hbond substituents is 4. The van der Waals surface area contributed by atoms with Crippen molar-refractivity contribution in [3.05, 3.63) is 259 Å². The number of nitrogens with zero attached hydrogens (tertiary/aromatic N) is 16. The lowest BCUT2D eigenvalue weighted by Gasteiger charge is -2.17. The Kier molecular flexibility index (Phi) is 23.5. The third-order valence-corrected chi connectivity index (χ3v) is 16.1. The molecule has 0 atom stereocenters. The van der Waals surface area contributed by atoms with Gasteiger partial charge in [0, 0.05) is 101 Å². The topological polar surface area (TPSA) is 525 Å². The SMILES string of the molecule is O=[N+]([O-])c1cc(N=Nc2cc3c(O)c(c2)Cc2cc(N=Nc4cc([N+](=O)[O-])cc([N+](=O)[O-])c4)cc(c2O)Cc2cc(N=Nc4cc([N+](=O)[O-])cc([N+](=O)[O-])c4)cc(c2O)Cc2cc(N=Nc4cc([N+](=O)[O-])cc([N+](=O)[O-])c4)cc(c2O)CCCCCCCCCCC/C=C\CC3)cc([N+](=O)[O-])c1. The second-order valence-corrected chi connectivity index (χ2v) is 23.4.